The number of halogens is 3. The third-order valence-corrected chi connectivity index (χ3v) is 8.81. The number of benzene rings is 1. The van der Waals surface area contributed by atoms with Gasteiger partial charge in [-0.2, -0.15) is 28.8 Å². The first-order chi connectivity index (χ1) is 16.8. The summed E-state index contributed by atoms with van der Waals surface area (Å²) in [6.45, 7) is 8.70. The van der Waals surface area contributed by atoms with Crippen molar-refractivity contribution in [1.29, 1.82) is 0 Å². The summed E-state index contributed by atoms with van der Waals surface area (Å²) in [6, 6.07) is 9.25. The molecule has 0 atom stereocenters. The molecule has 0 amide bonds. The van der Waals surface area contributed by atoms with Crippen LogP contribution in [0.15, 0.2) is 46.0 Å². The largest absolute Gasteiger partial charge is 0.492 e. The van der Waals surface area contributed by atoms with Crippen molar-refractivity contribution < 1.29 is 36.2 Å². The average molecular weight is 549 g/mol. The van der Waals surface area contributed by atoms with E-state index in [1.165, 1.54) is 5.56 Å². The van der Waals surface area contributed by atoms with E-state index in [1.54, 1.807) is 33.8 Å². The van der Waals surface area contributed by atoms with Crippen molar-refractivity contribution >= 4 is 27.3 Å². The quantitative estimate of drug-likeness (QED) is 0.596. The van der Waals surface area contributed by atoms with Crippen molar-refractivity contribution in [3.63, 3.8) is 0 Å². The second kappa shape index (κ2) is 11.5. The highest BCUT2D eigenvalue weighted by molar-refractivity contribution is 7.89. The van der Waals surface area contributed by atoms with Crippen molar-refractivity contribution in [2.75, 3.05) is 32.8 Å². The number of para-hydroxylation sites is 1. The molecule has 2 aromatic rings. The molecule has 200 valence electrons. The lowest BCUT2D eigenvalue weighted by Crippen LogP contribution is -2.52. The van der Waals surface area contributed by atoms with E-state index >= 15 is 0 Å². The Hall–Kier alpha value is -2.15. The molecule has 1 saturated heterocycles. The van der Waals surface area contributed by atoms with Crippen molar-refractivity contribution in [3.05, 3.63) is 46.7 Å². The molecule has 0 bridgehead atoms. The number of thiophene rings is 1. The Kier molecular flexibility index (Phi) is 9.07. The minimum Gasteiger partial charge on any atom is -0.492 e. The predicted octanol–water partition coefficient (Wildman–Crippen LogP) is 4.70. The maximum Gasteiger partial charge on any atom is 0.490 e. The standard InChI is InChI=1S/C22H30N2O3S2.C2HF3O2/c1-18(2)13-24-16-22(8-10-23(11-9-22)14-19-7-12-28-15-19)17-27-20-5-3-4-6-21(20)29(24,25)26;3-2(4,5)1(6)7/h3-7,12,15,18H,8-11,13-14,16-17H2,1-2H3;(H,6,7). The molecule has 4 rings (SSSR count). The van der Waals surface area contributed by atoms with E-state index in [-0.39, 0.29) is 11.3 Å². The minimum absolute atomic E-state index is 0.138. The Labute approximate surface area is 213 Å². The Balaban J connectivity index is 0.000000454. The summed E-state index contributed by atoms with van der Waals surface area (Å²) >= 11 is 1.73. The number of ether oxygens (including phenoxy) is 1. The summed E-state index contributed by atoms with van der Waals surface area (Å²) in [7, 11) is -3.57. The van der Waals surface area contributed by atoms with Crippen LogP contribution in [-0.4, -0.2) is 67.7 Å². The molecule has 2 aliphatic heterocycles. The number of carboxylic acid groups (broad SMARTS) is 1. The van der Waals surface area contributed by atoms with Crippen molar-refractivity contribution in [2.24, 2.45) is 11.3 Å². The number of carboxylic acids is 1. The van der Waals surface area contributed by atoms with Crippen LogP contribution in [0.2, 0.25) is 0 Å². The molecule has 36 heavy (non-hydrogen) atoms. The third kappa shape index (κ3) is 7.21. The zero-order valence-electron chi connectivity index (χ0n) is 20.2. The van der Waals surface area contributed by atoms with Gasteiger partial charge in [-0.15, -0.1) is 0 Å². The smallest absolute Gasteiger partial charge is 0.490 e. The average Bonchev–Trinajstić information content (AvgIpc) is 3.31. The van der Waals surface area contributed by atoms with Gasteiger partial charge >= 0.3 is 12.1 Å². The summed E-state index contributed by atoms with van der Waals surface area (Å²) in [5, 5.41) is 11.5. The first-order valence-corrected chi connectivity index (χ1v) is 14.0. The Morgan fingerprint density at radius 3 is 2.39 bits per heavy atom. The third-order valence-electron chi connectivity index (χ3n) is 6.23. The molecule has 1 spiro atoms. The molecular weight excluding hydrogens is 517 g/mol. The molecular formula is C24H31F3N2O5S2. The second-order valence-electron chi connectivity index (χ2n) is 9.64. The summed E-state index contributed by atoms with van der Waals surface area (Å²) in [5.74, 6) is -2.00. The molecule has 0 saturated carbocycles. The van der Waals surface area contributed by atoms with Crippen LogP contribution in [0.1, 0.15) is 32.3 Å². The second-order valence-corrected chi connectivity index (χ2v) is 12.3. The van der Waals surface area contributed by atoms with Crippen LogP contribution >= 0.6 is 11.3 Å². The van der Waals surface area contributed by atoms with E-state index in [2.05, 4.69) is 35.6 Å². The van der Waals surface area contributed by atoms with E-state index in [1.807, 2.05) is 6.07 Å². The van der Waals surface area contributed by atoms with Crippen molar-refractivity contribution in [2.45, 2.75) is 44.3 Å². The predicted molar refractivity (Wildman–Crippen MR) is 130 cm³/mol. The van der Waals surface area contributed by atoms with Gasteiger partial charge in [-0.3, -0.25) is 4.90 Å². The van der Waals surface area contributed by atoms with Gasteiger partial charge < -0.3 is 9.84 Å². The molecule has 0 unspecified atom stereocenters. The van der Waals surface area contributed by atoms with Gasteiger partial charge in [-0.1, -0.05) is 26.0 Å². The highest BCUT2D eigenvalue weighted by atomic mass is 32.2. The molecule has 1 N–H and O–H groups in total. The summed E-state index contributed by atoms with van der Waals surface area (Å²) in [6.07, 6.45) is -3.19. The lowest BCUT2D eigenvalue weighted by atomic mass is 9.78. The number of fused-ring (bicyclic) bond motifs is 1. The number of alkyl halides is 3. The van der Waals surface area contributed by atoms with Gasteiger partial charge in [0.15, 0.2) is 0 Å². The first-order valence-electron chi connectivity index (χ1n) is 11.6. The lowest BCUT2D eigenvalue weighted by molar-refractivity contribution is -0.192. The first kappa shape index (κ1) is 28.4. The molecule has 3 heterocycles. The Bertz CT molecular complexity index is 1110. The number of nitrogens with zero attached hydrogens (tertiary/aromatic N) is 2. The van der Waals surface area contributed by atoms with Crippen LogP contribution in [0.25, 0.3) is 0 Å². The summed E-state index contributed by atoms with van der Waals surface area (Å²) in [4.78, 5) is 11.7. The van der Waals surface area contributed by atoms with Gasteiger partial charge in [0.25, 0.3) is 0 Å². The van der Waals surface area contributed by atoms with Crippen LogP contribution in [0.4, 0.5) is 13.2 Å². The fourth-order valence-corrected chi connectivity index (χ4v) is 6.86. The van der Waals surface area contributed by atoms with Crippen molar-refractivity contribution in [1.82, 2.24) is 9.21 Å². The summed E-state index contributed by atoms with van der Waals surface area (Å²) < 4.78 is 66.5. The highest BCUT2D eigenvalue weighted by Crippen LogP contribution is 2.39. The van der Waals surface area contributed by atoms with Gasteiger partial charge in [0, 0.05) is 25.0 Å². The molecule has 0 aliphatic carbocycles. The van der Waals surface area contributed by atoms with E-state index in [0.29, 0.717) is 30.3 Å². The number of carbonyl (C=O) groups is 1. The molecule has 1 aromatic heterocycles. The number of hydrogen-bond acceptors (Lipinski definition) is 6. The van der Waals surface area contributed by atoms with Crippen LogP contribution in [0.3, 0.4) is 0 Å². The molecule has 1 fully saturated rings. The van der Waals surface area contributed by atoms with Gasteiger partial charge in [0.1, 0.15) is 10.6 Å². The van der Waals surface area contributed by atoms with E-state index in [4.69, 9.17) is 14.6 Å². The number of sulfonamides is 1. The molecule has 0 radical (unpaired) electrons. The van der Waals surface area contributed by atoms with Crippen LogP contribution in [0.5, 0.6) is 5.75 Å². The number of piperidine rings is 1. The van der Waals surface area contributed by atoms with E-state index in [9.17, 15) is 21.6 Å². The zero-order valence-corrected chi connectivity index (χ0v) is 21.8. The molecule has 1 aromatic carbocycles. The SMILES string of the molecule is CC(C)CN1CC2(CCN(Cc3ccsc3)CC2)COc2ccccc2S1(=O)=O.O=C(O)C(F)(F)F. The van der Waals surface area contributed by atoms with E-state index < -0.39 is 22.2 Å². The number of hydrogen-bond donors (Lipinski definition) is 1. The Morgan fingerprint density at radius 2 is 1.83 bits per heavy atom. The molecule has 12 heteroatoms. The van der Waals surface area contributed by atoms with E-state index in [0.717, 1.165) is 32.5 Å². The van der Waals surface area contributed by atoms with Gasteiger partial charge in [-0.05, 0) is 66.4 Å². The van der Waals surface area contributed by atoms with Gasteiger partial charge in [0.05, 0.1) is 6.61 Å². The highest BCUT2D eigenvalue weighted by Gasteiger charge is 2.43. The molecule has 2 aliphatic rings. The number of aliphatic carboxylic acids is 1. The number of rotatable bonds is 4. The Morgan fingerprint density at radius 1 is 1.19 bits per heavy atom. The zero-order chi connectivity index (χ0) is 26.6. The van der Waals surface area contributed by atoms with Crippen molar-refractivity contribution in [3.8, 4) is 5.75 Å². The van der Waals surface area contributed by atoms with Gasteiger partial charge in [0.2, 0.25) is 10.0 Å². The summed E-state index contributed by atoms with van der Waals surface area (Å²) in [5.41, 5.74) is 1.22. The van der Waals surface area contributed by atoms with Gasteiger partial charge in [-0.25, -0.2) is 13.2 Å². The number of likely N-dealkylation sites (tertiary alicyclic amines) is 1. The monoisotopic (exact) mass is 548 g/mol. The van der Waals surface area contributed by atoms with Crippen LogP contribution < -0.4 is 4.74 Å². The fraction of sp³-hybridized carbons (Fsp3) is 0.542. The normalized spacial score (nSPS) is 19.9. The fourth-order valence-electron chi connectivity index (χ4n) is 4.36. The molecule has 7 nitrogen and oxygen atoms in total. The maximum absolute atomic E-state index is 13.5. The van der Waals surface area contributed by atoms with Crippen LogP contribution in [-0.2, 0) is 21.4 Å². The van der Waals surface area contributed by atoms with Crippen LogP contribution in [0, 0.1) is 11.3 Å². The lowest BCUT2D eigenvalue weighted by Gasteiger charge is -2.45. The topological polar surface area (TPSA) is 87.2 Å². The minimum atomic E-state index is -5.08. The maximum atomic E-state index is 13.5.